The maximum absolute atomic E-state index is 6.41. The van der Waals surface area contributed by atoms with Crippen molar-refractivity contribution in [2.45, 2.75) is 61.0 Å². The number of aryl methyl sites for hydroxylation is 5. The highest BCUT2D eigenvalue weighted by atomic mass is 16.5. The molecule has 0 fully saturated rings. The molecular formula is C21H28O. The lowest BCUT2D eigenvalue weighted by molar-refractivity contribution is 0.107. The van der Waals surface area contributed by atoms with E-state index in [9.17, 15) is 0 Å². The van der Waals surface area contributed by atoms with Gasteiger partial charge in [0.2, 0.25) is 0 Å². The molecule has 0 unspecified atom stereocenters. The molecule has 118 valence electrons. The highest BCUT2D eigenvalue weighted by molar-refractivity contribution is 5.44. The fourth-order valence-corrected chi connectivity index (χ4v) is 3.53. The molecular weight excluding hydrogens is 268 g/mol. The van der Waals surface area contributed by atoms with Crippen LogP contribution in [-0.4, -0.2) is 0 Å². The van der Waals surface area contributed by atoms with Gasteiger partial charge in [0.1, 0.15) is 11.4 Å². The molecule has 0 amide bonds. The van der Waals surface area contributed by atoms with Crippen LogP contribution >= 0.6 is 0 Å². The van der Waals surface area contributed by atoms with Crippen LogP contribution in [-0.2, 0) is 5.60 Å². The highest BCUT2D eigenvalue weighted by Gasteiger charge is 2.27. The van der Waals surface area contributed by atoms with Gasteiger partial charge in [0.25, 0.3) is 0 Å². The van der Waals surface area contributed by atoms with Crippen molar-refractivity contribution in [3.63, 3.8) is 0 Å². The van der Waals surface area contributed by atoms with Crippen molar-refractivity contribution in [2.75, 3.05) is 0 Å². The zero-order valence-electron chi connectivity index (χ0n) is 15.2. The molecule has 2 rings (SSSR count). The quantitative estimate of drug-likeness (QED) is 0.690. The number of ether oxygens (including phenoxy) is 1. The number of hydrogen-bond donors (Lipinski definition) is 0. The van der Waals surface area contributed by atoms with E-state index in [2.05, 4.69) is 79.7 Å². The smallest absolute Gasteiger partial charge is 0.129 e. The van der Waals surface area contributed by atoms with E-state index in [4.69, 9.17) is 4.74 Å². The first-order valence-corrected chi connectivity index (χ1v) is 7.97. The molecule has 1 nitrogen and oxygen atoms in total. The Kier molecular flexibility index (Phi) is 4.37. The Morgan fingerprint density at radius 3 is 1.59 bits per heavy atom. The largest absolute Gasteiger partial charge is 0.483 e. The Morgan fingerprint density at radius 2 is 1.14 bits per heavy atom. The van der Waals surface area contributed by atoms with Crippen LogP contribution in [0.15, 0.2) is 24.3 Å². The predicted molar refractivity (Wildman–Crippen MR) is 95.0 cm³/mol. The molecule has 0 aliphatic rings. The van der Waals surface area contributed by atoms with Gasteiger partial charge >= 0.3 is 0 Å². The molecule has 0 bridgehead atoms. The molecule has 22 heavy (non-hydrogen) atoms. The zero-order valence-corrected chi connectivity index (χ0v) is 15.2. The Balaban J connectivity index is 2.44. The third kappa shape index (κ3) is 3.19. The van der Waals surface area contributed by atoms with Gasteiger partial charge in [-0.25, -0.2) is 0 Å². The SMILES string of the molecule is Cc1cc(C)c(C(C)(C)Oc2cc(C)c(C)c(C)c2)c(C)c1. The van der Waals surface area contributed by atoms with Crippen molar-refractivity contribution in [1.82, 2.24) is 0 Å². The van der Waals surface area contributed by atoms with E-state index in [0.717, 1.165) is 5.75 Å². The van der Waals surface area contributed by atoms with E-state index < -0.39 is 0 Å². The normalized spacial score (nSPS) is 11.6. The van der Waals surface area contributed by atoms with Crippen LogP contribution in [0.1, 0.15) is 52.8 Å². The summed E-state index contributed by atoms with van der Waals surface area (Å²) >= 11 is 0. The third-order valence-corrected chi connectivity index (χ3v) is 4.55. The fraction of sp³-hybridized carbons (Fsp3) is 0.429. The fourth-order valence-electron chi connectivity index (χ4n) is 3.53. The maximum Gasteiger partial charge on any atom is 0.129 e. The van der Waals surface area contributed by atoms with Crippen molar-refractivity contribution in [1.29, 1.82) is 0 Å². The topological polar surface area (TPSA) is 9.23 Å². The lowest BCUT2D eigenvalue weighted by atomic mass is 9.88. The van der Waals surface area contributed by atoms with Crippen molar-refractivity contribution in [2.24, 2.45) is 0 Å². The molecule has 0 radical (unpaired) electrons. The lowest BCUT2D eigenvalue weighted by Crippen LogP contribution is -2.27. The first-order valence-electron chi connectivity index (χ1n) is 7.97. The number of benzene rings is 2. The zero-order chi connectivity index (χ0) is 16.7. The van der Waals surface area contributed by atoms with Crippen molar-refractivity contribution in [3.05, 3.63) is 63.2 Å². The summed E-state index contributed by atoms with van der Waals surface area (Å²) in [4.78, 5) is 0. The molecule has 0 saturated carbocycles. The Bertz CT molecular complexity index is 662. The third-order valence-electron chi connectivity index (χ3n) is 4.55. The van der Waals surface area contributed by atoms with Crippen LogP contribution in [0.4, 0.5) is 0 Å². The van der Waals surface area contributed by atoms with Crippen LogP contribution in [0.2, 0.25) is 0 Å². The summed E-state index contributed by atoms with van der Waals surface area (Å²) in [6.07, 6.45) is 0. The molecule has 0 aliphatic carbocycles. The van der Waals surface area contributed by atoms with E-state index in [0.29, 0.717) is 0 Å². The Morgan fingerprint density at radius 1 is 0.682 bits per heavy atom. The maximum atomic E-state index is 6.41. The lowest BCUT2D eigenvalue weighted by Gasteiger charge is -2.31. The predicted octanol–water partition coefficient (Wildman–Crippen LogP) is 5.85. The summed E-state index contributed by atoms with van der Waals surface area (Å²) in [6, 6.07) is 8.75. The van der Waals surface area contributed by atoms with E-state index in [1.807, 2.05) is 0 Å². The molecule has 0 aliphatic heterocycles. The van der Waals surface area contributed by atoms with Crippen LogP contribution in [0.5, 0.6) is 5.75 Å². The van der Waals surface area contributed by atoms with Crippen LogP contribution < -0.4 is 4.74 Å². The summed E-state index contributed by atoms with van der Waals surface area (Å²) in [7, 11) is 0. The van der Waals surface area contributed by atoms with Gasteiger partial charge in [-0.15, -0.1) is 0 Å². The average molecular weight is 296 g/mol. The second-order valence-corrected chi connectivity index (χ2v) is 7.07. The van der Waals surface area contributed by atoms with Crippen molar-refractivity contribution < 1.29 is 4.74 Å². The monoisotopic (exact) mass is 296 g/mol. The summed E-state index contributed by atoms with van der Waals surface area (Å²) in [5.41, 5.74) is 8.73. The first kappa shape index (κ1) is 16.6. The second kappa shape index (κ2) is 5.79. The second-order valence-electron chi connectivity index (χ2n) is 7.07. The van der Waals surface area contributed by atoms with Gasteiger partial charge in [0.15, 0.2) is 0 Å². The van der Waals surface area contributed by atoms with E-state index in [1.54, 1.807) is 0 Å². The van der Waals surface area contributed by atoms with Gasteiger partial charge in [-0.05, 0) is 95.3 Å². The molecule has 0 atom stereocenters. The molecule has 0 N–H and O–H groups in total. The molecule has 0 spiro atoms. The van der Waals surface area contributed by atoms with Gasteiger partial charge in [-0.3, -0.25) is 0 Å². The van der Waals surface area contributed by atoms with E-state index in [-0.39, 0.29) is 5.60 Å². The van der Waals surface area contributed by atoms with E-state index in [1.165, 1.54) is 38.9 Å². The van der Waals surface area contributed by atoms with Gasteiger partial charge in [-0.1, -0.05) is 17.7 Å². The minimum absolute atomic E-state index is 0.351. The van der Waals surface area contributed by atoms with Crippen LogP contribution in [0.3, 0.4) is 0 Å². The summed E-state index contributed by atoms with van der Waals surface area (Å²) in [5.74, 6) is 0.949. The van der Waals surface area contributed by atoms with Gasteiger partial charge < -0.3 is 4.74 Å². The number of hydrogen-bond acceptors (Lipinski definition) is 1. The molecule has 2 aromatic carbocycles. The van der Waals surface area contributed by atoms with E-state index >= 15 is 0 Å². The highest BCUT2D eigenvalue weighted by Crippen LogP contribution is 2.34. The summed E-state index contributed by atoms with van der Waals surface area (Å²) in [5, 5.41) is 0. The molecule has 1 heteroatoms. The summed E-state index contributed by atoms with van der Waals surface area (Å²) in [6.45, 7) is 17.2. The minimum atomic E-state index is -0.351. The van der Waals surface area contributed by atoms with Crippen molar-refractivity contribution >= 4 is 0 Å². The minimum Gasteiger partial charge on any atom is -0.483 e. The summed E-state index contributed by atoms with van der Waals surface area (Å²) < 4.78 is 6.41. The molecule has 0 heterocycles. The standard InChI is InChI=1S/C21H28O/c1-13-9-16(4)20(17(5)10-13)21(7,8)22-19-11-14(2)18(6)15(3)12-19/h9-12H,1-8H3. The van der Waals surface area contributed by atoms with Gasteiger partial charge in [-0.2, -0.15) is 0 Å². The first-order chi connectivity index (χ1) is 10.1. The number of rotatable bonds is 3. The van der Waals surface area contributed by atoms with Crippen molar-refractivity contribution in [3.8, 4) is 5.75 Å². The van der Waals surface area contributed by atoms with Gasteiger partial charge in [0, 0.05) is 5.56 Å². The molecule has 2 aromatic rings. The average Bonchev–Trinajstić information content (AvgIpc) is 2.33. The van der Waals surface area contributed by atoms with Crippen LogP contribution in [0.25, 0.3) is 0 Å². The Labute approximate surface area is 135 Å². The molecule has 0 aromatic heterocycles. The van der Waals surface area contributed by atoms with Gasteiger partial charge in [0.05, 0.1) is 0 Å². The van der Waals surface area contributed by atoms with Crippen LogP contribution in [0, 0.1) is 41.5 Å². The molecule has 0 saturated heterocycles. The Hall–Kier alpha value is -1.76.